The summed E-state index contributed by atoms with van der Waals surface area (Å²) in [5.41, 5.74) is 10.1. The Labute approximate surface area is 125 Å². The molecule has 0 aromatic heterocycles. The Balaban J connectivity index is 1.55. The van der Waals surface area contributed by atoms with Gasteiger partial charge in [-0.15, -0.1) is 0 Å². The van der Waals surface area contributed by atoms with E-state index in [1.165, 1.54) is 19.3 Å². The molecule has 10 aliphatic carbocycles. The van der Waals surface area contributed by atoms with Crippen molar-refractivity contribution in [2.75, 3.05) is 0 Å². The second kappa shape index (κ2) is 2.89. The van der Waals surface area contributed by atoms with E-state index < -0.39 is 0 Å². The van der Waals surface area contributed by atoms with Crippen molar-refractivity contribution in [3.8, 4) is 0 Å². The highest BCUT2D eigenvalue weighted by molar-refractivity contribution is 5.32. The van der Waals surface area contributed by atoms with Crippen LogP contribution in [0, 0.1) is 58.7 Å². The van der Waals surface area contributed by atoms with Gasteiger partial charge in [-0.25, -0.2) is 0 Å². The van der Waals surface area contributed by atoms with Gasteiger partial charge < -0.3 is 0 Å². The molecule has 0 heterocycles. The van der Waals surface area contributed by atoms with E-state index in [0.29, 0.717) is 0 Å². The SMILES string of the molecule is [N-]=[N+]=NC12CC3C4CC5CC3C3C1CC1CC2C4C3(C5)C1. The first-order valence-electron chi connectivity index (χ1n) is 9.33. The molecule has 1 spiro atoms. The molecule has 6 atom stereocenters. The predicted octanol–water partition coefficient (Wildman–Crippen LogP) is 4.39. The molecule has 0 saturated heterocycles. The normalized spacial score (nSPS) is 73.2. The van der Waals surface area contributed by atoms with Crippen molar-refractivity contribution in [3.63, 3.8) is 0 Å². The number of azide groups is 1. The van der Waals surface area contributed by atoms with Gasteiger partial charge in [-0.3, -0.25) is 0 Å². The zero-order valence-electron chi connectivity index (χ0n) is 12.5. The third kappa shape index (κ3) is 0.854. The minimum atomic E-state index is 0.0757. The summed E-state index contributed by atoms with van der Waals surface area (Å²) in [5.74, 6) is 8.56. The molecule has 11 bridgehead atoms. The molecule has 0 aliphatic heterocycles. The fourth-order valence-corrected chi connectivity index (χ4v) is 10.5. The molecule has 3 heteroatoms. The van der Waals surface area contributed by atoms with Crippen LogP contribution < -0.4 is 0 Å². The molecular weight excluding hydrogens is 258 g/mol. The molecule has 10 saturated carbocycles. The molecular formula is C18H23N3. The van der Waals surface area contributed by atoms with E-state index in [-0.39, 0.29) is 5.54 Å². The first-order chi connectivity index (χ1) is 10.3. The van der Waals surface area contributed by atoms with Gasteiger partial charge in [0.25, 0.3) is 0 Å². The zero-order chi connectivity index (χ0) is 13.6. The number of nitrogens with zero attached hydrogens (tertiary/aromatic N) is 3. The van der Waals surface area contributed by atoms with Gasteiger partial charge in [-0.05, 0) is 109 Å². The lowest BCUT2D eigenvalue weighted by molar-refractivity contribution is -0.352. The standard InChI is InChI=1S/C18H23N3/c19-21-20-18-7-12-10-1-8-2-11(12)16-14(18)4-9-3-13(18)15(10)17(16,5-8)6-9/h8-16H,1-7H2. The molecule has 10 rings (SSSR count). The first kappa shape index (κ1) is 10.9. The highest BCUT2D eigenvalue weighted by atomic mass is 15.2. The molecule has 0 N–H and O–H groups in total. The molecule has 110 valence electrons. The third-order valence-electron chi connectivity index (χ3n) is 10.0. The summed E-state index contributed by atoms with van der Waals surface area (Å²) in [7, 11) is 0. The van der Waals surface area contributed by atoms with E-state index in [9.17, 15) is 5.53 Å². The molecule has 10 aliphatic rings. The number of rotatable bonds is 1. The average Bonchev–Trinajstić information content (AvgIpc) is 2.46. The minimum Gasteiger partial charge on any atom is -0.0867 e. The maximum Gasteiger partial charge on any atom is 0.0553 e. The van der Waals surface area contributed by atoms with E-state index in [4.69, 9.17) is 0 Å². The maximum absolute atomic E-state index is 9.29. The molecule has 0 aromatic carbocycles. The third-order valence-corrected chi connectivity index (χ3v) is 10.0. The van der Waals surface area contributed by atoms with Gasteiger partial charge in [0.1, 0.15) is 0 Å². The molecule has 3 nitrogen and oxygen atoms in total. The van der Waals surface area contributed by atoms with Gasteiger partial charge in [0.05, 0.1) is 5.54 Å². The van der Waals surface area contributed by atoms with E-state index >= 15 is 0 Å². The molecule has 0 aromatic rings. The number of hydrogen-bond donors (Lipinski definition) is 0. The van der Waals surface area contributed by atoms with Crippen LogP contribution in [0.3, 0.4) is 0 Å². The Bertz CT molecular complexity index is 584. The Morgan fingerprint density at radius 3 is 2.05 bits per heavy atom. The van der Waals surface area contributed by atoms with Gasteiger partial charge in [-0.2, -0.15) is 0 Å². The molecule has 0 radical (unpaired) electrons. The fourth-order valence-electron chi connectivity index (χ4n) is 10.5. The highest BCUT2D eigenvalue weighted by Gasteiger charge is 2.81. The summed E-state index contributed by atoms with van der Waals surface area (Å²) in [6, 6.07) is 0. The molecule has 6 unspecified atom stereocenters. The second-order valence-corrected chi connectivity index (χ2v) is 9.96. The van der Waals surface area contributed by atoms with Crippen molar-refractivity contribution >= 4 is 0 Å². The molecule has 21 heavy (non-hydrogen) atoms. The van der Waals surface area contributed by atoms with Crippen molar-refractivity contribution in [1.29, 1.82) is 0 Å². The van der Waals surface area contributed by atoms with Gasteiger partial charge >= 0.3 is 0 Å². The van der Waals surface area contributed by atoms with E-state index in [1.807, 2.05) is 0 Å². The van der Waals surface area contributed by atoms with Gasteiger partial charge in [0.2, 0.25) is 0 Å². The van der Waals surface area contributed by atoms with Crippen LogP contribution >= 0.6 is 0 Å². The van der Waals surface area contributed by atoms with E-state index in [0.717, 1.165) is 58.7 Å². The summed E-state index contributed by atoms with van der Waals surface area (Å²) >= 11 is 0. The Morgan fingerprint density at radius 1 is 0.810 bits per heavy atom. The topological polar surface area (TPSA) is 48.8 Å². The lowest BCUT2D eigenvalue weighted by Crippen LogP contribution is -2.81. The second-order valence-electron chi connectivity index (χ2n) is 9.96. The van der Waals surface area contributed by atoms with Crippen LogP contribution in [0.1, 0.15) is 44.9 Å². The predicted molar refractivity (Wildman–Crippen MR) is 78.0 cm³/mol. The summed E-state index contributed by atoms with van der Waals surface area (Å²) in [6.07, 6.45) is 10.3. The van der Waals surface area contributed by atoms with Crippen LogP contribution in [0.4, 0.5) is 0 Å². The van der Waals surface area contributed by atoms with Gasteiger partial charge in [0.15, 0.2) is 0 Å². The Kier molecular flexibility index (Phi) is 1.51. The first-order valence-corrected chi connectivity index (χ1v) is 9.33. The van der Waals surface area contributed by atoms with Crippen molar-refractivity contribution in [1.82, 2.24) is 0 Å². The van der Waals surface area contributed by atoms with Crippen molar-refractivity contribution in [3.05, 3.63) is 10.4 Å². The lowest BCUT2D eigenvalue weighted by Gasteiger charge is -2.85. The van der Waals surface area contributed by atoms with E-state index in [1.54, 1.807) is 25.7 Å². The number of hydrogen-bond acceptors (Lipinski definition) is 1. The summed E-state index contributed by atoms with van der Waals surface area (Å²) in [6.45, 7) is 0. The van der Waals surface area contributed by atoms with E-state index in [2.05, 4.69) is 10.0 Å². The van der Waals surface area contributed by atoms with Crippen molar-refractivity contribution in [2.45, 2.75) is 50.5 Å². The summed E-state index contributed by atoms with van der Waals surface area (Å²) in [5, 5.41) is 4.61. The van der Waals surface area contributed by atoms with Crippen LogP contribution in [-0.2, 0) is 0 Å². The Morgan fingerprint density at radius 2 is 1.43 bits per heavy atom. The molecule has 10 fully saturated rings. The zero-order valence-corrected chi connectivity index (χ0v) is 12.5. The smallest absolute Gasteiger partial charge is 0.0553 e. The lowest BCUT2D eigenvalue weighted by atomic mass is 9.20. The van der Waals surface area contributed by atoms with Gasteiger partial charge in [0, 0.05) is 4.91 Å². The van der Waals surface area contributed by atoms with Crippen LogP contribution in [0.25, 0.3) is 10.4 Å². The van der Waals surface area contributed by atoms with Crippen LogP contribution in [-0.4, -0.2) is 5.54 Å². The fraction of sp³-hybridized carbons (Fsp3) is 1.00. The highest BCUT2D eigenvalue weighted by Crippen LogP contribution is 2.86. The largest absolute Gasteiger partial charge is 0.0867 e. The minimum absolute atomic E-state index is 0.0757. The summed E-state index contributed by atoms with van der Waals surface area (Å²) < 4.78 is 0. The quantitative estimate of drug-likeness (QED) is 0.389. The summed E-state index contributed by atoms with van der Waals surface area (Å²) in [4.78, 5) is 3.40. The van der Waals surface area contributed by atoms with Crippen LogP contribution in [0.2, 0.25) is 0 Å². The van der Waals surface area contributed by atoms with Crippen LogP contribution in [0.5, 0.6) is 0 Å². The average molecular weight is 281 g/mol. The Hall–Kier alpha value is -0.690. The van der Waals surface area contributed by atoms with Gasteiger partial charge in [-0.1, -0.05) is 5.11 Å². The van der Waals surface area contributed by atoms with Crippen LogP contribution in [0.15, 0.2) is 5.11 Å². The van der Waals surface area contributed by atoms with Crippen molar-refractivity contribution in [2.24, 2.45) is 63.8 Å². The maximum atomic E-state index is 9.29. The monoisotopic (exact) mass is 281 g/mol. The molecule has 0 amide bonds. The van der Waals surface area contributed by atoms with Crippen molar-refractivity contribution < 1.29 is 0 Å².